The maximum absolute atomic E-state index is 13.4. The number of nitrogens with zero attached hydrogens (tertiary/aromatic N) is 4. The lowest BCUT2D eigenvalue weighted by atomic mass is 10.2. The van der Waals surface area contributed by atoms with E-state index in [1.54, 1.807) is 0 Å². The molecule has 0 aliphatic carbocycles. The van der Waals surface area contributed by atoms with Crippen molar-refractivity contribution in [1.29, 1.82) is 0 Å². The lowest BCUT2D eigenvalue weighted by molar-refractivity contribution is -0.141. The zero-order valence-corrected chi connectivity index (χ0v) is 17.3. The van der Waals surface area contributed by atoms with E-state index in [1.807, 2.05) is 35.2 Å². The monoisotopic (exact) mass is 440 g/mol. The smallest absolute Gasteiger partial charge is 0.383 e. The van der Waals surface area contributed by atoms with Crippen LogP contribution in [0, 0.1) is 0 Å². The third-order valence-electron chi connectivity index (χ3n) is 4.55. The van der Waals surface area contributed by atoms with Crippen molar-refractivity contribution in [2.75, 3.05) is 61.6 Å². The Morgan fingerprint density at radius 1 is 1.10 bits per heavy atom. The third-order valence-corrected chi connectivity index (χ3v) is 4.79. The van der Waals surface area contributed by atoms with Gasteiger partial charge in [-0.05, 0) is 24.4 Å². The van der Waals surface area contributed by atoms with E-state index in [1.165, 1.54) is 7.11 Å². The number of alkyl halides is 3. The number of para-hydroxylation sites is 1. The number of thiocarbonyl (C=S) groups is 1. The molecule has 2 aromatic rings. The number of hydrogen-bond donors (Lipinski definition) is 2. The third kappa shape index (κ3) is 5.92. The Labute approximate surface area is 178 Å². The van der Waals surface area contributed by atoms with E-state index >= 15 is 0 Å². The summed E-state index contributed by atoms with van der Waals surface area (Å²) >= 11 is 5.10. The van der Waals surface area contributed by atoms with Crippen LogP contribution >= 0.6 is 12.2 Å². The first-order valence-corrected chi connectivity index (χ1v) is 9.82. The summed E-state index contributed by atoms with van der Waals surface area (Å²) in [5.74, 6) is 0.0208. The van der Waals surface area contributed by atoms with Crippen LogP contribution in [-0.2, 0) is 10.9 Å². The van der Waals surface area contributed by atoms with Crippen LogP contribution in [0.2, 0.25) is 0 Å². The van der Waals surface area contributed by atoms with E-state index in [2.05, 4.69) is 25.5 Å². The highest BCUT2D eigenvalue weighted by atomic mass is 32.1. The molecular weight excluding hydrogens is 417 g/mol. The van der Waals surface area contributed by atoms with Crippen LogP contribution in [0.4, 0.5) is 30.6 Å². The first kappa shape index (κ1) is 22.0. The van der Waals surface area contributed by atoms with Crippen molar-refractivity contribution in [2.24, 2.45) is 0 Å². The van der Waals surface area contributed by atoms with E-state index in [4.69, 9.17) is 17.0 Å². The first-order valence-electron chi connectivity index (χ1n) is 9.42. The molecule has 1 aromatic carbocycles. The molecule has 0 amide bonds. The van der Waals surface area contributed by atoms with Crippen molar-refractivity contribution in [3.63, 3.8) is 0 Å². The normalized spacial score (nSPS) is 14.5. The molecule has 1 aromatic heterocycles. The quantitative estimate of drug-likeness (QED) is 0.525. The van der Waals surface area contributed by atoms with Crippen LogP contribution in [0.3, 0.4) is 0 Å². The van der Waals surface area contributed by atoms with Gasteiger partial charge in [-0.15, -0.1) is 0 Å². The number of piperazine rings is 1. The van der Waals surface area contributed by atoms with E-state index in [9.17, 15) is 13.2 Å². The predicted molar refractivity (Wildman–Crippen MR) is 114 cm³/mol. The molecule has 1 aliphatic rings. The second kappa shape index (κ2) is 9.90. The van der Waals surface area contributed by atoms with Gasteiger partial charge in [-0.25, -0.2) is 4.98 Å². The summed E-state index contributed by atoms with van der Waals surface area (Å²) in [5, 5.41) is 5.59. The average Bonchev–Trinajstić information content (AvgIpc) is 2.74. The van der Waals surface area contributed by atoms with E-state index in [-0.39, 0.29) is 16.9 Å². The molecule has 0 unspecified atom stereocenters. The van der Waals surface area contributed by atoms with Crippen LogP contribution in [0.25, 0.3) is 0 Å². The fourth-order valence-corrected chi connectivity index (χ4v) is 3.24. The molecule has 0 bridgehead atoms. The maximum Gasteiger partial charge on any atom is 0.433 e. The number of benzene rings is 1. The molecule has 0 saturated carbocycles. The molecule has 1 fully saturated rings. The molecule has 30 heavy (non-hydrogen) atoms. The van der Waals surface area contributed by atoms with Gasteiger partial charge >= 0.3 is 6.18 Å². The molecule has 2 N–H and O–H groups in total. The summed E-state index contributed by atoms with van der Waals surface area (Å²) in [7, 11) is 1.54. The van der Waals surface area contributed by atoms with Gasteiger partial charge in [-0.3, -0.25) is 0 Å². The number of ether oxygens (including phenoxy) is 1. The van der Waals surface area contributed by atoms with Gasteiger partial charge in [0.15, 0.2) is 10.8 Å². The summed E-state index contributed by atoms with van der Waals surface area (Å²) < 4.78 is 45.0. The van der Waals surface area contributed by atoms with Crippen molar-refractivity contribution in [3.8, 4) is 0 Å². The molecule has 7 nitrogen and oxygen atoms in total. The largest absolute Gasteiger partial charge is 0.433 e. The maximum atomic E-state index is 13.4. The minimum Gasteiger partial charge on any atom is -0.383 e. The van der Waals surface area contributed by atoms with Gasteiger partial charge in [0.05, 0.1) is 6.61 Å². The number of aromatic nitrogens is 2. The van der Waals surface area contributed by atoms with Crippen LogP contribution < -0.4 is 20.4 Å². The second-order valence-electron chi connectivity index (χ2n) is 6.62. The van der Waals surface area contributed by atoms with Gasteiger partial charge in [-0.1, -0.05) is 18.2 Å². The van der Waals surface area contributed by atoms with Crippen LogP contribution in [0.1, 0.15) is 5.69 Å². The Hall–Kier alpha value is -2.66. The van der Waals surface area contributed by atoms with Gasteiger partial charge in [0.2, 0.25) is 5.95 Å². The molecule has 162 valence electrons. The Balaban J connectivity index is 1.73. The van der Waals surface area contributed by atoms with Crippen molar-refractivity contribution < 1.29 is 17.9 Å². The fourth-order valence-electron chi connectivity index (χ4n) is 3.04. The number of methoxy groups -OCH3 is 1. The number of halogens is 3. The minimum atomic E-state index is -4.59. The molecule has 0 radical (unpaired) electrons. The SMILES string of the molecule is COCCNC(=S)Nc1nc(N2CCN(c3ccccc3)CC2)cc(C(F)(F)F)n1. The Morgan fingerprint density at radius 2 is 1.77 bits per heavy atom. The fraction of sp³-hybridized carbons (Fsp3) is 0.421. The van der Waals surface area contributed by atoms with Gasteiger partial charge in [0, 0.05) is 51.6 Å². The average molecular weight is 440 g/mol. The Morgan fingerprint density at radius 3 is 2.40 bits per heavy atom. The lowest BCUT2D eigenvalue weighted by Gasteiger charge is -2.37. The lowest BCUT2D eigenvalue weighted by Crippen LogP contribution is -2.47. The summed E-state index contributed by atoms with van der Waals surface area (Å²) in [6, 6.07) is 10.9. The van der Waals surface area contributed by atoms with Gasteiger partial charge < -0.3 is 25.2 Å². The number of hydrogen-bond acceptors (Lipinski definition) is 6. The highest BCUT2D eigenvalue weighted by Crippen LogP contribution is 2.31. The Kier molecular flexibility index (Phi) is 7.27. The molecule has 1 aliphatic heterocycles. The minimum absolute atomic E-state index is 0.131. The number of anilines is 3. The summed E-state index contributed by atoms with van der Waals surface area (Å²) in [5.41, 5.74) is 0.0748. The standard InChI is InChI=1S/C19H23F3N6OS/c1-29-12-7-23-18(30)26-17-24-15(19(20,21)22)13-16(25-17)28-10-8-27(9-11-28)14-5-3-2-4-6-14/h2-6,13H,7-12H2,1H3,(H2,23,24,25,26,30). The van der Waals surface area contributed by atoms with E-state index in [0.29, 0.717) is 39.3 Å². The zero-order valence-electron chi connectivity index (χ0n) is 16.4. The Bertz CT molecular complexity index is 844. The highest BCUT2D eigenvalue weighted by Gasteiger charge is 2.34. The van der Waals surface area contributed by atoms with Crippen LogP contribution in [-0.4, -0.2) is 61.5 Å². The summed E-state index contributed by atoms with van der Waals surface area (Å²) in [6.07, 6.45) is -4.59. The van der Waals surface area contributed by atoms with Gasteiger partial charge in [0.25, 0.3) is 0 Å². The molecule has 0 spiro atoms. The number of nitrogens with one attached hydrogen (secondary N) is 2. The molecule has 11 heteroatoms. The van der Waals surface area contributed by atoms with Crippen molar-refractivity contribution >= 4 is 34.8 Å². The zero-order chi connectivity index (χ0) is 21.6. The van der Waals surface area contributed by atoms with E-state index < -0.39 is 11.9 Å². The molecule has 1 saturated heterocycles. The van der Waals surface area contributed by atoms with Crippen LogP contribution in [0.5, 0.6) is 0 Å². The topological polar surface area (TPSA) is 65.6 Å². The molecule has 2 heterocycles. The van der Waals surface area contributed by atoms with Crippen molar-refractivity contribution in [3.05, 3.63) is 42.1 Å². The van der Waals surface area contributed by atoms with Crippen LogP contribution in [0.15, 0.2) is 36.4 Å². The highest BCUT2D eigenvalue weighted by molar-refractivity contribution is 7.80. The first-order chi connectivity index (χ1) is 14.4. The molecular formula is C19H23F3N6OS. The second-order valence-corrected chi connectivity index (χ2v) is 7.02. The number of rotatable bonds is 6. The summed E-state index contributed by atoms with van der Waals surface area (Å²) in [4.78, 5) is 11.9. The molecule has 3 rings (SSSR count). The predicted octanol–water partition coefficient (Wildman–Crippen LogP) is 2.75. The molecule has 0 atom stereocenters. The summed E-state index contributed by atoms with van der Waals surface area (Å²) in [6.45, 7) is 3.25. The van der Waals surface area contributed by atoms with Gasteiger partial charge in [0.1, 0.15) is 5.82 Å². The van der Waals surface area contributed by atoms with E-state index in [0.717, 1.165) is 11.8 Å². The van der Waals surface area contributed by atoms with Crippen molar-refractivity contribution in [2.45, 2.75) is 6.18 Å². The van der Waals surface area contributed by atoms with Gasteiger partial charge in [-0.2, -0.15) is 18.2 Å². The van der Waals surface area contributed by atoms with Crippen molar-refractivity contribution in [1.82, 2.24) is 15.3 Å².